The summed E-state index contributed by atoms with van der Waals surface area (Å²) >= 11 is 5.52. The molecule has 0 unspecified atom stereocenters. The van der Waals surface area contributed by atoms with Crippen molar-refractivity contribution in [1.82, 2.24) is 0 Å². The minimum atomic E-state index is 0.984. The Morgan fingerprint density at radius 1 is 0.947 bits per heavy atom. The third-order valence-corrected chi connectivity index (χ3v) is 4.06. The fraction of sp³-hybridized carbons (Fsp3) is 0.611. The van der Waals surface area contributed by atoms with Crippen molar-refractivity contribution in [2.75, 3.05) is 0 Å². The zero-order valence-corrected chi connectivity index (χ0v) is 13.4. The molecule has 19 heavy (non-hydrogen) atoms. The van der Waals surface area contributed by atoms with E-state index in [0.29, 0.717) is 0 Å². The molecule has 0 fully saturated rings. The molecule has 0 radical (unpaired) electrons. The van der Waals surface area contributed by atoms with Gasteiger partial charge in [0.2, 0.25) is 0 Å². The van der Waals surface area contributed by atoms with Crippen molar-refractivity contribution in [3.8, 4) is 0 Å². The molecule has 0 saturated carbocycles. The van der Waals surface area contributed by atoms with Gasteiger partial charge < -0.3 is 0 Å². The first-order chi connectivity index (χ1) is 9.24. The van der Waals surface area contributed by atoms with Crippen molar-refractivity contribution in [3.05, 3.63) is 35.4 Å². The van der Waals surface area contributed by atoms with E-state index in [-0.39, 0.29) is 0 Å². The van der Waals surface area contributed by atoms with Gasteiger partial charge in [-0.2, -0.15) is 0 Å². The van der Waals surface area contributed by atoms with Crippen molar-refractivity contribution in [3.63, 3.8) is 0 Å². The number of benzene rings is 1. The van der Waals surface area contributed by atoms with Crippen LogP contribution in [0.25, 0.3) is 0 Å². The largest absolute Gasteiger partial charge is 0.0893 e. The molecule has 0 aliphatic rings. The summed E-state index contributed by atoms with van der Waals surface area (Å²) in [4.78, 5) is 1.22. The molecular formula is C18H28S. The Morgan fingerprint density at radius 3 is 2.26 bits per heavy atom. The predicted molar refractivity (Wildman–Crippen MR) is 90.1 cm³/mol. The monoisotopic (exact) mass is 276 g/mol. The van der Waals surface area contributed by atoms with Gasteiger partial charge in [0.15, 0.2) is 0 Å². The predicted octanol–water partition coefficient (Wildman–Crippen LogP) is 6.05. The molecule has 0 bridgehead atoms. The fourth-order valence-electron chi connectivity index (χ4n) is 2.39. The van der Waals surface area contributed by atoms with E-state index in [1.165, 1.54) is 60.9 Å². The van der Waals surface area contributed by atoms with Crippen LogP contribution in [0.3, 0.4) is 0 Å². The minimum absolute atomic E-state index is 0.984. The summed E-state index contributed by atoms with van der Waals surface area (Å²) in [5.74, 6) is 0. The molecule has 0 nitrogen and oxygen atoms in total. The second-order valence-electron chi connectivity index (χ2n) is 5.51. The van der Waals surface area contributed by atoms with Crippen molar-refractivity contribution in [2.24, 2.45) is 0 Å². The highest BCUT2D eigenvalue weighted by molar-refractivity contribution is 7.80. The van der Waals surface area contributed by atoms with E-state index in [1.807, 2.05) is 0 Å². The molecule has 106 valence electrons. The number of rotatable bonds is 10. The van der Waals surface area contributed by atoms with Crippen LogP contribution in [0.5, 0.6) is 0 Å². The summed E-state index contributed by atoms with van der Waals surface area (Å²) in [5, 5.41) is 0. The van der Waals surface area contributed by atoms with Gasteiger partial charge in [0.25, 0.3) is 0 Å². The summed E-state index contributed by atoms with van der Waals surface area (Å²) in [7, 11) is 0. The quantitative estimate of drug-likeness (QED) is 0.370. The Bertz CT molecular complexity index is 368. The smallest absolute Gasteiger partial charge is 0.00408 e. The van der Waals surface area contributed by atoms with Gasteiger partial charge in [0.1, 0.15) is 0 Å². The minimum Gasteiger partial charge on any atom is -0.0893 e. The van der Waals surface area contributed by atoms with Crippen molar-refractivity contribution in [1.29, 1.82) is 0 Å². The standard InChI is InChI=1S/C18H28S/c1-3-4-5-6-7-8-9-14-18(19)15-17-13-11-10-12-16(17)2/h10-13H,3-9,14-15H2,1-2H3. The molecule has 0 heterocycles. The number of thiocarbonyl (C=S) groups is 1. The van der Waals surface area contributed by atoms with Gasteiger partial charge in [-0.05, 0) is 35.8 Å². The first-order valence-corrected chi connectivity index (χ1v) is 8.21. The Morgan fingerprint density at radius 2 is 1.58 bits per heavy atom. The first kappa shape index (κ1) is 16.4. The second-order valence-corrected chi connectivity index (χ2v) is 6.09. The van der Waals surface area contributed by atoms with Crippen LogP contribution in [0.1, 0.15) is 69.4 Å². The Hall–Kier alpha value is -0.690. The molecule has 0 amide bonds. The lowest BCUT2D eigenvalue weighted by Crippen LogP contribution is -2.01. The van der Waals surface area contributed by atoms with Gasteiger partial charge in [-0.15, -0.1) is 0 Å². The van der Waals surface area contributed by atoms with Crippen LogP contribution in [-0.4, -0.2) is 4.86 Å². The molecular weight excluding hydrogens is 248 g/mol. The third kappa shape index (κ3) is 7.47. The van der Waals surface area contributed by atoms with Crippen molar-refractivity contribution >= 4 is 17.1 Å². The van der Waals surface area contributed by atoms with Gasteiger partial charge in [0.05, 0.1) is 0 Å². The lowest BCUT2D eigenvalue weighted by molar-refractivity contribution is 0.595. The van der Waals surface area contributed by atoms with E-state index in [4.69, 9.17) is 12.2 Å². The van der Waals surface area contributed by atoms with Gasteiger partial charge >= 0.3 is 0 Å². The number of aryl methyl sites for hydroxylation is 1. The third-order valence-electron chi connectivity index (χ3n) is 3.71. The topological polar surface area (TPSA) is 0 Å². The van der Waals surface area contributed by atoms with Gasteiger partial charge in [-0.3, -0.25) is 0 Å². The van der Waals surface area contributed by atoms with Gasteiger partial charge in [-0.25, -0.2) is 0 Å². The number of hydrogen-bond donors (Lipinski definition) is 0. The molecule has 0 N–H and O–H groups in total. The number of hydrogen-bond acceptors (Lipinski definition) is 1. The summed E-state index contributed by atoms with van der Waals surface area (Å²) < 4.78 is 0. The first-order valence-electron chi connectivity index (χ1n) is 7.80. The maximum atomic E-state index is 5.52. The Balaban J connectivity index is 2.10. The molecule has 0 aliphatic heterocycles. The average Bonchev–Trinajstić information content (AvgIpc) is 2.40. The lowest BCUT2D eigenvalue weighted by Gasteiger charge is -2.07. The van der Waals surface area contributed by atoms with E-state index in [0.717, 1.165) is 12.8 Å². The molecule has 1 aromatic carbocycles. The van der Waals surface area contributed by atoms with Crippen molar-refractivity contribution < 1.29 is 0 Å². The highest BCUT2D eigenvalue weighted by Crippen LogP contribution is 2.13. The van der Waals surface area contributed by atoms with Crippen LogP contribution in [0, 0.1) is 6.92 Å². The van der Waals surface area contributed by atoms with Gasteiger partial charge in [0, 0.05) is 6.42 Å². The maximum Gasteiger partial charge on any atom is 0.00408 e. The SMILES string of the molecule is CCCCCCCCCC(=S)Cc1ccccc1C. The maximum absolute atomic E-state index is 5.52. The van der Waals surface area contributed by atoms with Crippen LogP contribution in [0.4, 0.5) is 0 Å². The van der Waals surface area contributed by atoms with E-state index in [2.05, 4.69) is 38.1 Å². The van der Waals surface area contributed by atoms with Crippen molar-refractivity contribution in [2.45, 2.75) is 71.6 Å². The normalized spacial score (nSPS) is 10.6. The summed E-state index contributed by atoms with van der Waals surface area (Å²) in [6, 6.07) is 8.58. The van der Waals surface area contributed by atoms with Gasteiger partial charge in [-0.1, -0.05) is 81.9 Å². The van der Waals surface area contributed by atoms with E-state index in [9.17, 15) is 0 Å². The zero-order valence-electron chi connectivity index (χ0n) is 12.6. The Kier molecular flexibility index (Phi) is 8.73. The zero-order chi connectivity index (χ0) is 13.9. The van der Waals surface area contributed by atoms with Crippen LogP contribution in [0.2, 0.25) is 0 Å². The summed E-state index contributed by atoms with van der Waals surface area (Å²) in [6.07, 6.45) is 11.6. The molecule has 1 rings (SSSR count). The molecule has 1 heteroatoms. The fourth-order valence-corrected chi connectivity index (χ4v) is 2.69. The Labute approximate surface area is 124 Å². The summed E-state index contributed by atoms with van der Waals surface area (Å²) in [6.45, 7) is 4.44. The molecule has 0 atom stereocenters. The van der Waals surface area contributed by atoms with E-state index < -0.39 is 0 Å². The summed E-state index contributed by atoms with van der Waals surface area (Å²) in [5.41, 5.74) is 2.76. The second kappa shape index (κ2) is 10.1. The van der Waals surface area contributed by atoms with Crippen LogP contribution >= 0.6 is 12.2 Å². The van der Waals surface area contributed by atoms with Crippen LogP contribution < -0.4 is 0 Å². The number of unbranched alkanes of at least 4 members (excludes halogenated alkanes) is 6. The van der Waals surface area contributed by atoms with Crippen LogP contribution in [-0.2, 0) is 6.42 Å². The molecule has 0 saturated heterocycles. The van der Waals surface area contributed by atoms with E-state index >= 15 is 0 Å². The lowest BCUT2D eigenvalue weighted by atomic mass is 10.0. The van der Waals surface area contributed by atoms with E-state index in [1.54, 1.807) is 0 Å². The highest BCUT2D eigenvalue weighted by Gasteiger charge is 2.02. The van der Waals surface area contributed by atoms with Crippen LogP contribution in [0.15, 0.2) is 24.3 Å². The highest BCUT2D eigenvalue weighted by atomic mass is 32.1. The molecule has 0 aliphatic carbocycles. The molecule has 0 aromatic heterocycles. The molecule has 1 aromatic rings. The average molecular weight is 276 g/mol. The molecule has 0 spiro atoms.